The third kappa shape index (κ3) is 8.43. The second kappa shape index (κ2) is 9.70. The second-order valence-electron chi connectivity index (χ2n) is 4.46. The molecule has 0 aromatic rings. The van der Waals surface area contributed by atoms with Crippen molar-refractivity contribution in [2.24, 2.45) is 16.6 Å². The van der Waals surface area contributed by atoms with E-state index in [2.05, 4.69) is 16.9 Å². The van der Waals surface area contributed by atoms with Gasteiger partial charge in [-0.15, -0.1) is 24.0 Å². The standard InChI is InChI=1S/C12H23N3O.HI/c1-10(2)9-16-7-6-14-12(13)15-8-11-4-3-5-11;/h11H,1,3-9H2,2H3,(H3,13,14,15);1H. The first kappa shape index (κ1) is 16.7. The van der Waals surface area contributed by atoms with Crippen LogP contribution in [0.5, 0.6) is 0 Å². The van der Waals surface area contributed by atoms with Crippen LogP contribution in [-0.2, 0) is 4.74 Å². The van der Waals surface area contributed by atoms with Gasteiger partial charge in [0, 0.05) is 13.1 Å². The zero-order valence-electron chi connectivity index (χ0n) is 10.6. The van der Waals surface area contributed by atoms with Gasteiger partial charge in [0.25, 0.3) is 0 Å². The monoisotopic (exact) mass is 353 g/mol. The zero-order chi connectivity index (χ0) is 11.8. The lowest BCUT2D eigenvalue weighted by Crippen LogP contribution is -2.35. The van der Waals surface area contributed by atoms with Gasteiger partial charge >= 0.3 is 0 Å². The summed E-state index contributed by atoms with van der Waals surface area (Å²) in [6.45, 7) is 8.52. The van der Waals surface area contributed by atoms with Gasteiger partial charge in [-0.2, -0.15) is 0 Å². The molecule has 5 heteroatoms. The van der Waals surface area contributed by atoms with E-state index in [1.54, 1.807) is 0 Å². The molecule has 4 nitrogen and oxygen atoms in total. The Balaban J connectivity index is 0.00000256. The van der Waals surface area contributed by atoms with Crippen LogP contribution in [0, 0.1) is 5.92 Å². The lowest BCUT2D eigenvalue weighted by molar-refractivity contribution is 0.161. The molecular formula is C12H24IN3O. The highest BCUT2D eigenvalue weighted by molar-refractivity contribution is 14.0. The Labute approximate surface area is 121 Å². The molecule has 0 radical (unpaired) electrons. The molecule has 1 aliphatic carbocycles. The van der Waals surface area contributed by atoms with Crippen molar-refractivity contribution in [3.8, 4) is 0 Å². The molecule has 1 aliphatic rings. The lowest BCUT2D eigenvalue weighted by Gasteiger charge is -2.23. The summed E-state index contributed by atoms with van der Waals surface area (Å²) in [5, 5.41) is 3.03. The minimum absolute atomic E-state index is 0. The van der Waals surface area contributed by atoms with Crippen LogP contribution < -0.4 is 11.1 Å². The van der Waals surface area contributed by atoms with E-state index in [1.807, 2.05) is 6.92 Å². The maximum absolute atomic E-state index is 5.71. The fourth-order valence-corrected chi connectivity index (χ4v) is 1.46. The zero-order valence-corrected chi connectivity index (χ0v) is 12.9. The summed E-state index contributed by atoms with van der Waals surface area (Å²) >= 11 is 0. The van der Waals surface area contributed by atoms with Crippen LogP contribution in [0.15, 0.2) is 17.1 Å². The molecular weight excluding hydrogens is 329 g/mol. The Morgan fingerprint density at radius 2 is 2.24 bits per heavy atom. The van der Waals surface area contributed by atoms with Gasteiger partial charge in [0.2, 0.25) is 0 Å². The fourth-order valence-electron chi connectivity index (χ4n) is 1.46. The van der Waals surface area contributed by atoms with Crippen LogP contribution in [0.4, 0.5) is 0 Å². The van der Waals surface area contributed by atoms with Crippen molar-refractivity contribution in [2.75, 3.05) is 26.3 Å². The van der Waals surface area contributed by atoms with Gasteiger partial charge in [0.05, 0.1) is 13.2 Å². The molecule has 1 saturated carbocycles. The first-order valence-electron chi connectivity index (χ1n) is 5.94. The lowest BCUT2D eigenvalue weighted by atomic mass is 9.86. The van der Waals surface area contributed by atoms with Gasteiger partial charge < -0.3 is 15.8 Å². The van der Waals surface area contributed by atoms with Crippen molar-refractivity contribution in [3.63, 3.8) is 0 Å². The molecule has 0 aromatic carbocycles. The molecule has 0 amide bonds. The van der Waals surface area contributed by atoms with E-state index in [1.165, 1.54) is 19.3 Å². The van der Waals surface area contributed by atoms with Crippen LogP contribution in [0.3, 0.4) is 0 Å². The number of nitrogens with zero attached hydrogens (tertiary/aromatic N) is 1. The predicted molar refractivity (Wildman–Crippen MR) is 82.9 cm³/mol. The maximum Gasteiger partial charge on any atom is 0.188 e. The average molecular weight is 353 g/mol. The number of halogens is 1. The third-order valence-corrected chi connectivity index (χ3v) is 2.65. The smallest absolute Gasteiger partial charge is 0.188 e. The van der Waals surface area contributed by atoms with Gasteiger partial charge in [-0.25, -0.2) is 0 Å². The van der Waals surface area contributed by atoms with Crippen molar-refractivity contribution in [1.29, 1.82) is 0 Å². The average Bonchev–Trinajstić information content (AvgIpc) is 2.14. The molecule has 0 heterocycles. The number of nitrogens with two attached hydrogens (primary N) is 1. The fraction of sp³-hybridized carbons (Fsp3) is 0.750. The summed E-state index contributed by atoms with van der Waals surface area (Å²) in [5.74, 6) is 1.30. The Kier molecular flexibility index (Phi) is 9.53. The van der Waals surface area contributed by atoms with E-state index in [-0.39, 0.29) is 24.0 Å². The van der Waals surface area contributed by atoms with Crippen molar-refractivity contribution < 1.29 is 4.74 Å². The number of hydrogen-bond donors (Lipinski definition) is 2. The van der Waals surface area contributed by atoms with Gasteiger partial charge in [0.15, 0.2) is 5.96 Å². The van der Waals surface area contributed by atoms with Crippen molar-refractivity contribution >= 4 is 29.9 Å². The normalized spacial score (nSPS) is 15.9. The van der Waals surface area contributed by atoms with Gasteiger partial charge in [0.1, 0.15) is 0 Å². The minimum Gasteiger partial charge on any atom is -0.375 e. The molecule has 100 valence electrons. The molecule has 3 N–H and O–H groups in total. The van der Waals surface area contributed by atoms with Gasteiger partial charge in [-0.05, 0) is 25.7 Å². The molecule has 0 aliphatic heterocycles. The van der Waals surface area contributed by atoms with Crippen LogP contribution in [0.1, 0.15) is 26.2 Å². The topological polar surface area (TPSA) is 59.6 Å². The highest BCUT2D eigenvalue weighted by atomic mass is 127. The van der Waals surface area contributed by atoms with E-state index in [0.717, 1.165) is 18.0 Å². The van der Waals surface area contributed by atoms with Gasteiger partial charge in [-0.1, -0.05) is 18.6 Å². The van der Waals surface area contributed by atoms with E-state index >= 15 is 0 Å². The van der Waals surface area contributed by atoms with Crippen LogP contribution in [0.2, 0.25) is 0 Å². The Hall–Kier alpha value is -0.300. The van der Waals surface area contributed by atoms with Crippen molar-refractivity contribution in [3.05, 3.63) is 12.2 Å². The third-order valence-electron chi connectivity index (χ3n) is 2.65. The number of hydrogen-bond acceptors (Lipinski definition) is 2. The molecule has 0 spiro atoms. The van der Waals surface area contributed by atoms with E-state index in [9.17, 15) is 0 Å². The van der Waals surface area contributed by atoms with E-state index < -0.39 is 0 Å². The highest BCUT2D eigenvalue weighted by Crippen LogP contribution is 2.26. The van der Waals surface area contributed by atoms with Crippen LogP contribution >= 0.6 is 24.0 Å². The maximum atomic E-state index is 5.71. The number of guanidine groups is 1. The Morgan fingerprint density at radius 3 is 2.76 bits per heavy atom. The first-order valence-corrected chi connectivity index (χ1v) is 5.94. The molecule has 0 unspecified atom stereocenters. The largest absolute Gasteiger partial charge is 0.375 e. The Morgan fingerprint density at radius 1 is 1.53 bits per heavy atom. The van der Waals surface area contributed by atoms with E-state index in [4.69, 9.17) is 10.5 Å². The summed E-state index contributed by atoms with van der Waals surface area (Å²) in [4.78, 5) is 4.29. The predicted octanol–water partition coefficient (Wildman–Crippen LogP) is 1.90. The van der Waals surface area contributed by atoms with Gasteiger partial charge in [-0.3, -0.25) is 4.99 Å². The summed E-state index contributed by atoms with van der Waals surface area (Å²) in [6, 6.07) is 0. The number of nitrogens with one attached hydrogen (secondary N) is 1. The van der Waals surface area contributed by atoms with Crippen molar-refractivity contribution in [2.45, 2.75) is 26.2 Å². The molecule has 0 atom stereocenters. The number of aliphatic imine (C=N–C) groups is 1. The minimum atomic E-state index is 0. The molecule has 1 rings (SSSR count). The van der Waals surface area contributed by atoms with Crippen LogP contribution in [-0.4, -0.2) is 32.3 Å². The SMILES string of the molecule is C=C(C)COCCNC(N)=NCC1CCC1.I. The summed E-state index contributed by atoms with van der Waals surface area (Å²) in [7, 11) is 0. The number of ether oxygens (including phenoxy) is 1. The molecule has 0 aromatic heterocycles. The van der Waals surface area contributed by atoms with Crippen molar-refractivity contribution in [1.82, 2.24) is 5.32 Å². The summed E-state index contributed by atoms with van der Waals surface area (Å²) < 4.78 is 5.33. The summed E-state index contributed by atoms with van der Waals surface area (Å²) in [5.41, 5.74) is 6.74. The van der Waals surface area contributed by atoms with Crippen LogP contribution in [0.25, 0.3) is 0 Å². The second-order valence-corrected chi connectivity index (χ2v) is 4.46. The highest BCUT2D eigenvalue weighted by Gasteiger charge is 2.16. The molecule has 17 heavy (non-hydrogen) atoms. The summed E-state index contributed by atoms with van der Waals surface area (Å²) in [6.07, 6.45) is 3.96. The molecule has 0 saturated heterocycles. The molecule has 1 fully saturated rings. The van der Waals surface area contributed by atoms with E-state index in [0.29, 0.717) is 25.7 Å². The Bertz CT molecular complexity index is 252. The first-order chi connectivity index (χ1) is 7.68. The number of rotatable bonds is 7. The quantitative estimate of drug-likeness (QED) is 0.242. The molecule has 0 bridgehead atoms.